The zero-order valence-electron chi connectivity index (χ0n) is 14.3. The summed E-state index contributed by atoms with van der Waals surface area (Å²) >= 11 is 6.84. The Hall–Kier alpha value is -1.88. The van der Waals surface area contributed by atoms with Crippen molar-refractivity contribution in [3.05, 3.63) is 40.6 Å². The molecule has 1 N–H and O–H groups in total. The lowest BCUT2D eigenvalue weighted by Crippen LogP contribution is -2.50. The molecular weight excluding hydrogens is 414 g/mol. The number of rotatable bonds is 6. The van der Waals surface area contributed by atoms with Crippen molar-refractivity contribution < 1.29 is 22.4 Å². The third-order valence-electron chi connectivity index (χ3n) is 4.10. The summed E-state index contributed by atoms with van der Waals surface area (Å²) < 4.78 is 32.1. The molecule has 2 amide bonds. The second-order valence-electron chi connectivity index (χ2n) is 5.83. The first-order chi connectivity index (χ1) is 12.9. The van der Waals surface area contributed by atoms with E-state index in [1.165, 1.54) is 22.7 Å². The predicted octanol–water partition coefficient (Wildman–Crippen LogP) is 1.65. The van der Waals surface area contributed by atoms with Crippen LogP contribution in [0.4, 0.5) is 0 Å². The molecule has 0 aliphatic carbocycles. The number of halogens is 1. The third kappa shape index (κ3) is 4.70. The molecular formula is C16H18ClN3O5S2. The summed E-state index contributed by atoms with van der Waals surface area (Å²) in [7, 11) is -3.58. The van der Waals surface area contributed by atoms with Crippen molar-refractivity contribution in [3.63, 3.8) is 0 Å². The highest BCUT2D eigenvalue weighted by Gasteiger charge is 2.31. The van der Waals surface area contributed by atoms with E-state index >= 15 is 0 Å². The first kappa shape index (κ1) is 19.9. The Bertz CT molecular complexity index is 902. The highest BCUT2D eigenvalue weighted by Crippen LogP contribution is 2.28. The number of carbonyl (C=O) groups is 2. The van der Waals surface area contributed by atoms with Gasteiger partial charge in [0.1, 0.15) is 4.21 Å². The van der Waals surface area contributed by atoms with Gasteiger partial charge in [0.25, 0.3) is 15.9 Å². The monoisotopic (exact) mass is 431 g/mol. The van der Waals surface area contributed by atoms with Crippen LogP contribution in [0.3, 0.4) is 0 Å². The van der Waals surface area contributed by atoms with Crippen LogP contribution >= 0.6 is 22.9 Å². The minimum atomic E-state index is -3.58. The molecule has 146 valence electrons. The second kappa shape index (κ2) is 8.42. The lowest BCUT2D eigenvalue weighted by Gasteiger charge is -2.33. The van der Waals surface area contributed by atoms with E-state index in [-0.39, 0.29) is 47.8 Å². The summed E-state index contributed by atoms with van der Waals surface area (Å²) in [5, 5.41) is 2.61. The van der Waals surface area contributed by atoms with Gasteiger partial charge in [-0.2, -0.15) is 4.31 Å². The van der Waals surface area contributed by atoms with Crippen LogP contribution in [0.5, 0.6) is 0 Å². The Morgan fingerprint density at radius 3 is 2.52 bits per heavy atom. The molecule has 0 radical (unpaired) electrons. The van der Waals surface area contributed by atoms with Gasteiger partial charge in [-0.3, -0.25) is 9.59 Å². The second-order valence-corrected chi connectivity index (χ2v) is 9.71. The quantitative estimate of drug-likeness (QED) is 0.749. The van der Waals surface area contributed by atoms with Gasteiger partial charge in [0.05, 0.1) is 10.6 Å². The lowest BCUT2D eigenvalue weighted by molar-refractivity contribution is -0.132. The van der Waals surface area contributed by atoms with E-state index in [0.717, 1.165) is 11.3 Å². The van der Waals surface area contributed by atoms with E-state index in [9.17, 15) is 18.0 Å². The number of carbonyl (C=O) groups excluding carboxylic acids is 2. The minimum Gasteiger partial charge on any atom is -0.459 e. The van der Waals surface area contributed by atoms with Gasteiger partial charge in [0.15, 0.2) is 5.76 Å². The molecule has 0 saturated carbocycles. The summed E-state index contributed by atoms with van der Waals surface area (Å²) in [5.74, 6) is -0.320. The summed E-state index contributed by atoms with van der Waals surface area (Å²) in [5.41, 5.74) is 0. The molecule has 1 fully saturated rings. The summed E-state index contributed by atoms with van der Waals surface area (Å²) in [4.78, 5) is 25.6. The number of nitrogens with zero attached hydrogens (tertiary/aromatic N) is 2. The van der Waals surface area contributed by atoms with Crippen molar-refractivity contribution in [3.8, 4) is 0 Å². The maximum Gasteiger partial charge on any atom is 0.286 e. The van der Waals surface area contributed by atoms with Crippen LogP contribution in [0.15, 0.2) is 39.2 Å². The van der Waals surface area contributed by atoms with E-state index in [2.05, 4.69) is 5.32 Å². The van der Waals surface area contributed by atoms with Crippen molar-refractivity contribution in [2.24, 2.45) is 0 Å². The molecule has 3 rings (SSSR count). The van der Waals surface area contributed by atoms with Gasteiger partial charge in [0, 0.05) is 39.1 Å². The van der Waals surface area contributed by atoms with E-state index in [1.54, 1.807) is 17.0 Å². The van der Waals surface area contributed by atoms with Crippen LogP contribution in [0, 0.1) is 0 Å². The lowest BCUT2D eigenvalue weighted by atomic mass is 10.3. The molecule has 0 atom stereocenters. The van der Waals surface area contributed by atoms with E-state index < -0.39 is 10.0 Å². The minimum absolute atomic E-state index is 0.133. The van der Waals surface area contributed by atoms with Gasteiger partial charge in [-0.25, -0.2) is 8.42 Å². The van der Waals surface area contributed by atoms with Crippen molar-refractivity contribution in [2.45, 2.75) is 10.6 Å². The van der Waals surface area contributed by atoms with Crippen molar-refractivity contribution >= 4 is 44.8 Å². The molecule has 1 aliphatic rings. The molecule has 0 bridgehead atoms. The Morgan fingerprint density at radius 1 is 1.19 bits per heavy atom. The number of piperazine rings is 1. The highest BCUT2D eigenvalue weighted by molar-refractivity contribution is 7.91. The average molecular weight is 432 g/mol. The van der Waals surface area contributed by atoms with Crippen molar-refractivity contribution in [1.29, 1.82) is 0 Å². The fraction of sp³-hybridized carbons (Fsp3) is 0.375. The van der Waals surface area contributed by atoms with Gasteiger partial charge in [-0.05, 0) is 24.3 Å². The molecule has 0 aromatic carbocycles. The number of hydrogen-bond acceptors (Lipinski definition) is 6. The van der Waals surface area contributed by atoms with E-state index in [4.69, 9.17) is 16.0 Å². The highest BCUT2D eigenvalue weighted by atomic mass is 35.5. The molecule has 3 heterocycles. The molecule has 0 spiro atoms. The molecule has 2 aromatic rings. The fourth-order valence-corrected chi connectivity index (χ4v) is 5.74. The number of thiophene rings is 1. The molecule has 8 nitrogen and oxygen atoms in total. The number of furan rings is 1. The third-order valence-corrected chi connectivity index (χ3v) is 7.70. The fourth-order valence-electron chi connectivity index (χ4n) is 2.68. The maximum atomic E-state index is 12.6. The molecule has 0 unspecified atom stereocenters. The van der Waals surface area contributed by atoms with Crippen LogP contribution < -0.4 is 5.32 Å². The normalized spacial score (nSPS) is 15.7. The standard InChI is InChI=1S/C16H18ClN3O5S2/c17-13-3-4-15(26-13)27(23,24)20-9-7-19(8-10-20)14(21)5-6-18-16(22)12-2-1-11-25-12/h1-4,11H,5-10H2,(H,18,22). The predicted molar refractivity (Wildman–Crippen MR) is 100 cm³/mol. The first-order valence-corrected chi connectivity index (χ1v) is 10.9. The topological polar surface area (TPSA) is 99.9 Å². The van der Waals surface area contributed by atoms with E-state index in [0.29, 0.717) is 17.4 Å². The molecule has 11 heteroatoms. The van der Waals surface area contributed by atoms with Crippen molar-refractivity contribution in [1.82, 2.24) is 14.5 Å². The zero-order valence-corrected chi connectivity index (χ0v) is 16.6. The largest absolute Gasteiger partial charge is 0.459 e. The number of nitrogens with one attached hydrogen (secondary N) is 1. The number of sulfonamides is 1. The van der Waals surface area contributed by atoms with Gasteiger partial charge < -0.3 is 14.6 Å². The van der Waals surface area contributed by atoms with Crippen LogP contribution in [0.25, 0.3) is 0 Å². The Kier molecular flexibility index (Phi) is 6.20. The zero-order chi connectivity index (χ0) is 19.4. The molecule has 27 heavy (non-hydrogen) atoms. The molecule has 1 aliphatic heterocycles. The Labute approximate surface area is 165 Å². The summed E-state index contributed by atoms with van der Waals surface area (Å²) in [6.45, 7) is 1.25. The van der Waals surface area contributed by atoms with Crippen molar-refractivity contribution in [2.75, 3.05) is 32.7 Å². The molecule has 2 aromatic heterocycles. The van der Waals surface area contributed by atoms with Gasteiger partial charge in [-0.1, -0.05) is 11.6 Å². The van der Waals surface area contributed by atoms with Gasteiger partial charge in [-0.15, -0.1) is 11.3 Å². The SMILES string of the molecule is O=C(NCCC(=O)N1CCN(S(=O)(=O)c2ccc(Cl)s2)CC1)c1ccco1. The Balaban J connectivity index is 1.46. The van der Waals surface area contributed by atoms with Crippen LogP contribution in [0.1, 0.15) is 17.0 Å². The number of amides is 2. The van der Waals surface area contributed by atoms with Gasteiger partial charge in [0.2, 0.25) is 5.91 Å². The van der Waals surface area contributed by atoms with E-state index in [1.807, 2.05) is 0 Å². The van der Waals surface area contributed by atoms with Crippen LogP contribution in [0.2, 0.25) is 4.34 Å². The summed E-state index contributed by atoms with van der Waals surface area (Å²) in [6.07, 6.45) is 1.54. The number of hydrogen-bond donors (Lipinski definition) is 1. The Morgan fingerprint density at radius 2 is 1.93 bits per heavy atom. The maximum absolute atomic E-state index is 12.6. The molecule has 1 saturated heterocycles. The van der Waals surface area contributed by atoms with Gasteiger partial charge >= 0.3 is 0 Å². The smallest absolute Gasteiger partial charge is 0.286 e. The van der Waals surface area contributed by atoms with Crippen LogP contribution in [-0.2, 0) is 14.8 Å². The average Bonchev–Trinajstić information content (AvgIpc) is 3.33. The summed E-state index contributed by atoms with van der Waals surface area (Å²) in [6, 6.07) is 6.19. The first-order valence-electron chi connectivity index (χ1n) is 8.23. The van der Waals surface area contributed by atoms with Crippen LogP contribution in [-0.4, -0.2) is 62.2 Å².